The van der Waals surface area contributed by atoms with Crippen LogP contribution in [0.15, 0.2) is 71.5 Å². The van der Waals surface area contributed by atoms with Gasteiger partial charge in [-0.3, -0.25) is 14.5 Å². The number of aromatic nitrogens is 1. The number of nitrogens with one attached hydrogen (secondary N) is 1. The minimum Gasteiger partial charge on any atom is -0.454 e. The summed E-state index contributed by atoms with van der Waals surface area (Å²) in [5.41, 5.74) is 2.79. The Morgan fingerprint density at radius 2 is 1.83 bits per heavy atom. The predicted octanol–water partition coefficient (Wildman–Crippen LogP) is 2.06. The monoisotopic (exact) mass is 473 g/mol. The molecule has 0 radical (unpaired) electrons. The Hall–Kier alpha value is -3.62. The van der Waals surface area contributed by atoms with Gasteiger partial charge in [-0.25, -0.2) is 0 Å². The van der Waals surface area contributed by atoms with Gasteiger partial charge in [0.15, 0.2) is 11.5 Å². The molecule has 0 saturated carbocycles. The Morgan fingerprint density at radius 1 is 1.00 bits per heavy atom. The summed E-state index contributed by atoms with van der Waals surface area (Å²) in [6, 6.07) is 20.5. The van der Waals surface area contributed by atoms with Gasteiger partial charge in [0, 0.05) is 50.0 Å². The topological polar surface area (TPSA) is 93.0 Å². The molecular weight excluding hydrogens is 446 g/mol. The van der Waals surface area contributed by atoms with Crippen molar-refractivity contribution in [1.82, 2.24) is 14.8 Å². The predicted molar refractivity (Wildman–Crippen MR) is 128 cm³/mol. The fraction of sp³-hybridized carbons (Fsp3) is 0.333. The van der Waals surface area contributed by atoms with Gasteiger partial charge < -0.3 is 24.5 Å². The van der Waals surface area contributed by atoms with Gasteiger partial charge in [0.25, 0.3) is 5.56 Å². The Balaban J connectivity index is 1.31. The highest BCUT2D eigenvalue weighted by atomic mass is 16.7. The van der Waals surface area contributed by atoms with E-state index in [1.165, 1.54) is 0 Å². The second kappa shape index (κ2) is 8.87. The summed E-state index contributed by atoms with van der Waals surface area (Å²) in [6.07, 6.45) is 0. The number of amides is 1. The minimum absolute atomic E-state index is 0.0741. The number of aliphatic hydroxyl groups excluding tert-OH is 1. The van der Waals surface area contributed by atoms with Gasteiger partial charge in [-0.2, -0.15) is 0 Å². The van der Waals surface area contributed by atoms with Crippen molar-refractivity contribution in [2.45, 2.75) is 31.7 Å². The summed E-state index contributed by atoms with van der Waals surface area (Å²) in [5, 5.41) is 13.5. The molecule has 8 heteroatoms. The van der Waals surface area contributed by atoms with Gasteiger partial charge in [-0.1, -0.05) is 42.5 Å². The molecule has 35 heavy (non-hydrogen) atoms. The number of carbonyl (C=O) groups excluding carboxylic acids is 1. The van der Waals surface area contributed by atoms with Gasteiger partial charge in [0.1, 0.15) is 0 Å². The SMILES string of the molecule is O=C(NCc1ccc2c(c1)OCO2)[C@@H]1[C@@H](CO)[C@@H]2Cn3c(cccc3=O)[C@H]1N2Cc1ccccc1. The molecule has 3 aliphatic rings. The lowest BCUT2D eigenvalue weighted by Crippen LogP contribution is -2.45. The molecule has 3 aromatic rings. The van der Waals surface area contributed by atoms with Crippen molar-refractivity contribution in [3.63, 3.8) is 0 Å². The number of hydrogen-bond donors (Lipinski definition) is 2. The van der Waals surface area contributed by atoms with Gasteiger partial charge in [0.05, 0.1) is 12.0 Å². The first-order valence-electron chi connectivity index (χ1n) is 11.9. The summed E-state index contributed by atoms with van der Waals surface area (Å²) >= 11 is 0. The number of ether oxygens (including phenoxy) is 2. The second-order valence-electron chi connectivity index (χ2n) is 9.35. The van der Waals surface area contributed by atoms with Crippen LogP contribution in [0.2, 0.25) is 0 Å². The van der Waals surface area contributed by atoms with E-state index in [4.69, 9.17) is 9.47 Å². The van der Waals surface area contributed by atoms with Crippen LogP contribution in [-0.2, 0) is 24.4 Å². The molecule has 0 unspecified atom stereocenters. The summed E-state index contributed by atoms with van der Waals surface area (Å²) in [5.74, 6) is 0.461. The van der Waals surface area contributed by atoms with Crippen LogP contribution in [0.25, 0.3) is 0 Å². The lowest BCUT2D eigenvalue weighted by Gasteiger charge is -2.38. The molecule has 3 aliphatic heterocycles. The van der Waals surface area contributed by atoms with Gasteiger partial charge >= 0.3 is 0 Å². The maximum absolute atomic E-state index is 13.7. The lowest BCUT2D eigenvalue weighted by molar-refractivity contribution is -0.127. The highest BCUT2D eigenvalue weighted by Crippen LogP contribution is 2.48. The molecule has 4 heterocycles. The smallest absolute Gasteiger partial charge is 0.250 e. The van der Waals surface area contributed by atoms with Crippen molar-refractivity contribution in [2.75, 3.05) is 13.4 Å². The molecular formula is C27H27N3O5. The first-order valence-corrected chi connectivity index (χ1v) is 11.9. The molecule has 2 bridgehead atoms. The van der Waals surface area contributed by atoms with Crippen LogP contribution >= 0.6 is 0 Å². The van der Waals surface area contributed by atoms with Crippen LogP contribution in [-0.4, -0.2) is 39.9 Å². The lowest BCUT2D eigenvalue weighted by atomic mass is 9.86. The van der Waals surface area contributed by atoms with Crippen molar-refractivity contribution >= 4 is 5.91 Å². The standard InChI is InChI=1S/C27H27N3O5/c31-15-19-21-14-29-20(7-4-8-24(29)32)26(30(21)13-17-5-2-1-3-6-17)25(19)27(33)28-12-18-9-10-22-23(11-18)35-16-34-22/h1-11,19,21,25-26,31H,12-16H2,(H,28,33)/t19-,21-,25+,26+/m0/s1. The molecule has 6 rings (SSSR count). The molecule has 4 atom stereocenters. The number of benzene rings is 2. The summed E-state index contributed by atoms with van der Waals surface area (Å²) < 4.78 is 12.6. The van der Waals surface area contributed by atoms with E-state index in [0.29, 0.717) is 31.1 Å². The Bertz CT molecular complexity index is 1310. The molecule has 0 spiro atoms. The molecule has 1 aromatic heterocycles. The Kier molecular flexibility index (Phi) is 5.54. The number of pyridine rings is 1. The van der Waals surface area contributed by atoms with Gasteiger partial charge in [-0.15, -0.1) is 0 Å². The maximum atomic E-state index is 13.7. The van der Waals surface area contributed by atoms with Crippen molar-refractivity contribution < 1.29 is 19.4 Å². The van der Waals surface area contributed by atoms with E-state index in [1.807, 2.05) is 42.5 Å². The second-order valence-corrected chi connectivity index (χ2v) is 9.35. The van der Waals surface area contributed by atoms with Crippen molar-refractivity contribution in [1.29, 1.82) is 0 Å². The molecule has 1 amide bonds. The third-order valence-electron chi connectivity index (χ3n) is 7.46. The van der Waals surface area contributed by atoms with Gasteiger partial charge in [-0.05, 0) is 29.3 Å². The van der Waals surface area contributed by atoms with E-state index in [9.17, 15) is 14.7 Å². The van der Waals surface area contributed by atoms with E-state index in [-0.39, 0.29) is 42.9 Å². The number of hydrogen-bond acceptors (Lipinski definition) is 6. The highest BCUT2D eigenvalue weighted by Gasteiger charge is 2.55. The first-order chi connectivity index (χ1) is 17.1. The number of rotatable bonds is 6. The maximum Gasteiger partial charge on any atom is 0.250 e. The van der Waals surface area contributed by atoms with Crippen LogP contribution < -0.4 is 20.3 Å². The molecule has 2 aromatic carbocycles. The normalized spacial score (nSPS) is 24.3. The first kappa shape index (κ1) is 21.9. The summed E-state index contributed by atoms with van der Waals surface area (Å²) in [6.45, 7) is 1.50. The van der Waals surface area contributed by atoms with Crippen LogP contribution in [0.1, 0.15) is 22.9 Å². The zero-order valence-electron chi connectivity index (χ0n) is 19.2. The van der Waals surface area contributed by atoms with E-state index in [1.54, 1.807) is 16.7 Å². The number of aliphatic hydroxyl groups is 1. The van der Waals surface area contributed by atoms with Crippen molar-refractivity contribution in [3.05, 3.63) is 93.9 Å². The molecule has 2 N–H and O–H groups in total. The van der Waals surface area contributed by atoms with E-state index in [2.05, 4.69) is 22.3 Å². The Labute approximate surface area is 202 Å². The fourth-order valence-electron chi connectivity index (χ4n) is 5.84. The number of nitrogens with zero attached hydrogens (tertiary/aromatic N) is 2. The van der Waals surface area contributed by atoms with Crippen molar-refractivity contribution in [3.8, 4) is 11.5 Å². The zero-order chi connectivity index (χ0) is 23.9. The number of carbonyl (C=O) groups is 1. The van der Waals surface area contributed by atoms with Crippen LogP contribution in [0.5, 0.6) is 11.5 Å². The van der Waals surface area contributed by atoms with E-state index in [0.717, 1.165) is 16.8 Å². The third-order valence-corrected chi connectivity index (χ3v) is 7.46. The summed E-state index contributed by atoms with van der Waals surface area (Å²) in [4.78, 5) is 28.6. The summed E-state index contributed by atoms with van der Waals surface area (Å²) in [7, 11) is 0. The largest absolute Gasteiger partial charge is 0.454 e. The highest BCUT2D eigenvalue weighted by molar-refractivity contribution is 5.80. The molecule has 180 valence electrons. The zero-order valence-corrected chi connectivity index (χ0v) is 19.2. The third kappa shape index (κ3) is 3.79. The quantitative estimate of drug-likeness (QED) is 0.569. The van der Waals surface area contributed by atoms with Crippen LogP contribution in [0, 0.1) is 11.8 Å². The van der Waals surface area contributed by atoms with Gasteiger partial charge in [0.2, 0.25) is 12.7 Å². The fourth-order valence-corrected chi connectivity index (χ4v) is 5.84. The average Bonchev–Trinajstić information content (AvgIpc) is 3.42. The molecule has 0 aliphatic carbocycles. The van der Waals surface area contributed by atoms with Crippen molar-refractivity contribution in [2.24, 2.45) is 11.8 Å². The van der Waals surface area contributed by atoms with Crippen LogP contribution in [0.3, 0.4) is 0 Å². The van der Waals surface area contributed by atoms with E-state index < -0.39 is 5.92 Å². The van der Waals surface area contributed by atoms with E-state index >= 15 is 0 Å². The average molecular weight is 474 g/mol. The molecule has 1 saturated heterocycles. The minimum atomic E-state index is -0.488. The number of fused-ring (bicyclic) bond motifs is 5. The molecule has 1 fully saturated rings. The molecule has 8 nitrogen and oxygen atoms in total. The van der Waals surface area contributed by atoms with Crippen LogP contribution in [0.4, 0.5) is 0 Å². The Morgan fingerprint density at radius 3 is 2.66 bits per heavy atom.